The van der Waals surface area contributed by atoms with E-state index >= 15 is 0 Å². The summed E-state index contributed by atoms with van der Waals surface area (Å²) in [5, 5.41) is 13.5. The zero-order valence-electron chi connectivity index (χ0n) is 13.9. The number of amides is 2. The van der Waals surface area contributed by atoms with Crippen LogP contribution in [0.4, 0.5) is 0 Å². The van der Waals surface area contributed by atoms with Gasteiger partial charge in [-0.25, -0.2) is 0 Å². The van der Waals surface area contributed by atoms with Crippen molar-refractivity contribution in [3.05, 3.63) is 35.4 Å². The van der Waals surface area contributed by atoms with Gasteiger partial charge >= 0.3 is 0 Å². The summed E-state index contributed by atoms with van der Waals surface area (Å²) in [6.45, 7) is 9.81. The molecule has 0 radical (unpaired) electrons. The Hall–Kier alpha value is -2.17. The number of benzene rings is 1. The van der Waals surface area contributed by atoms with Gasteiger partial charge in [0.2, 0.25) is 5.91 Å². The first-order valence-corrected chi connectivity index (χ1v) is 7.41. The van der Waals surface area contributed by atoms with E-state index in [1.54, 1.807) is 12.1 Å². The number of carbonyl (C=O) groups is 2. The van der Waals surface area contributed by atoms with Crippen LogP contribution >= 0.6 is 0 Å². The minimum atomic E-state index is -0.690. The van der Waals surface area contributed by atoms with Gasteiger partial charge in [0.15, 0.2) is 0 Å². The summed E-state index contributed by atoms with van der Waals surface area (Å²) in [6.07, 6.45) is 0. The van der Waals surface area contributed by atoms with Gasteiger partial charge in [0.25, 0.3) is 5.91 Å². The molecule has 0 spiro atoms. The summed E-state index contributed by atoms with van der Waals surface area (Å²) in [5.41, 5.74) is 0.856. The van der Waals surface area contributed by atoms with Crippen molar-refractivity contribution in [1.82, 2.24) is 10.6 Å². The van der Waals surface area contributed by atoms with Gasteiger partial charge in [-0.2, -0.15) is 0 Å². The van der Waals surface area contributed by atoms with Crippen molar-refractivity contribution in [2.45, 2.75) is 40.7 Å². The van der Waals surface area contributed by atoms with Crippen molar-refractivity contribution >= 4 is 17.5 Å². The third-order valence-electron chi connectivity index (χ3n) is 3.40. The Balaban J connectivity index is 2.94. The van der Waals surface area contributed by atoms with Crippen molar-refractivity contribution < 1.29 is 9.59 Å². The largest absolute Gasteiger partial charge is 0.355 e. The van der Waals surface area contributed by atoms with E-state index in [0.29, 0.717) is 12.1 Å². The fraction of sp³-hybridized carbons (Fsp3) is 0.471. The molecule has 0 aliphatic carbocycles. The molecule has 0 bridgehead atoms. The number of aryl methyl sites for hydroxylation is 1. The summed E-state index contributed by atoms with van der Waals surface area (Å²) in [5.74, 6) is -0.776. The average Bonchev–Trinajstić information content (AvgIpc) is 2.43. The number of rotatable bonds is 5. The van der Waals surface area contributed by atoms with Gasteiger partial charge in [-0.15, -0.1) is 0 Å². The van der Waals surface area contributed by atoms with E-state index in [2.05, 4.69) is 10.6 Å². The number of nitrogens with one attached hydrogen (secondary N) is 3. The Morgan fingerprint density at radius 1 is 1.23 bits per heavy atom. The van der Waals surface area contributed by atoms with E-state index in [1.165, 1.54) is 0 Å². The summed E-state index contributed by atoms with van der Waals surface area (Å²) < 4.78 is 0. The molecule has 0 saturated heterocycles. The van der Waals surface area contributed by atoms with E-state index < -0.39 is 17.4 Å². The number of hydrogen-bond acceptors (Lipinski definition) is 3. The lowest BCUT2D eigenvalue weighted by Crippen LogP contribution is -2.55. The molecule has 0 fully saturated rings. The van der Waals surface area contributed by atoms with E-state index in [9.17, 15) is 9.59 Å². The summed E-state index contributed by atoms with van der Waals surface area (Å²) in [7, 11) is 0. The first-order valence-electron chi connectivity index (χ1n) is 7.41. The van der Waals surface area contributed by atoms with Crippen LogP contribution in [0.1, 0.15) is 38.8 Å². The molecular weight excluding hydrogens is 278 g/mol. The Morgan fingerprint density at radius 2 is 1.82 bits per heavy atom. The molecule has 0 saturated carbocycles. The molecule has 0 aliphatic heterocycles. The zero-order chi connectivity index (χ0) is 16.9. The smallest absolute Gasteiger partial charge is 0.270 e. The van der Waals surface area contributed by atoms with Crippen molar-refractivity contribution in [2.24, 2.45) is 5.41 Å². The first kappa shape index (κ1) is 17.9. The van der Waals surface area contributed by atoms with Crippen LogP contribution in [0.3, 0.4) is 0 Å². The lowest BCUT2D eigenvalue weighted by Gasteiger charge is -2.30. The van der Waals surface area contributed by atoms with Crippen LogP contribution in [0.15, 0.2) is 24.3 Å². The summed E-state index contributed by atoms with van der Waals surface area (Å²) in [4.78, 5) is 24.5. The topological polar surface area (TPSA) is 82.1 Å². The fourth-order valence-electron chi connectivity index (χ4n) is 2.13. The molecule has 0 aromatic heterocycles. The van der Waals surface area contributed by atoms with Crippen molar-refractivity contribution in [3.63, 3.8) is 0 Å². The molecule has 1 rings (SSSR count). The van der Waals surface area contributed by atoms with Crippen molar-refractivity contribution in [2.75, 3.05) is 6.54 Å². The maximum Gasteiger partial charge on any atom is 0.270 e. The van der Waals surface area contributed by atoms with Crippen LogP contribution in [0.2, 0.25) is 0 Å². The first-order chi connectivity index (χ1) is 10.2. The number of likely N-dealkylation sites (N-methyl/N-ethyl adjacent to an activating group) is 1. The lowest BCUT2D eigenvalue weighted by molar-refractivity contribution is -0.129. The van der Waals surface area contributed by atoms with E-state index in [1.807, 2.05) is 46.8 Å². The second-order valence-corrected chi connectivity index (χ2v) is 6.36. The highest BCUT2D eigenvalue weighted by molar-refractivity contribution is 6.44. The molecule has 1 atom stereocenters. The molecular formula is C17H25N3O2. The Morgan fingerprint density at radius 3 is 2.32 bits per heavy atom. The molecule has 5 heteroatoms. The Labute approximate surface area is 132 Å². The Kier molecular flexibility index (Phi) is 5.85. The highest BCUT2D eigenvalue weighted by Crippen LogP contribution is 2.20. The number of hydrogen-bond donors (Lipinski definition) is 3. The molecule has 3 N–H and O–H groups in total. The van der Waals surface area contributed by atoms with Gasteiger partial charge in [-0.1, -0.05) is 45.0 Å². The van der Waals surface area contributed by atoms with E-state index in [4.69, 9.17) is 5.41 Å². The molecule has 5 nitrogen and oxygen atoms in total. The standard InChI is InChI=1S/C17H25N3O2/c1-6-19-16(22)14(17(3,4)5)20-15(21)13(18)12-10-8-7-9-11(12)2/h7-10,14,18H,6H2,1-5H3,(H,19,22)(H,20,21). The predicted molar refractivity (Wildman–Crippen MR) is 88.1 cm³/mol. The lowest BCUT2D eigenvalue weighted by atomic mass is 9.85. The van der Waals surface area contributed by atoms with Crippen LogP contribution < -0.4 is 10.6 Å². The SMILES string of the molecule is CCNC(=O)C(NC(=O)C(=N)c1ccccc1C)C(C)(C)C. The van der Waals surface area contributed by atoms with Gasteiger partial charge in [0.05, 0.1) is 0 Å². The maximum atomic E-state index is 12.3. The molecule has 1 unspecified atom stereocenters. The monoisotopic (exact) mass is 303 g/mol. The van der Waals surface area contributed by atoms with Gasteiger partial charge in [-0.3, -0.25) is 15.0 Å². The van der Waals surface area contributed by atoms with Crippen LogP contribution in [0.5, 0.6) is 0 Å². The average molecular weight is 303 g/mol. The Bertz CT molecular complexity index is 574. The third kappa shape index (κ3) is 4.41. The van der Waals surface area contributed by atoms with Crippen LogP contribution in [0.25, 0.3) is 0 Å². The predicted octanol–water partition coefficient (Wildman–Crippen LogP) is 2.03. The van der Waals surface area contributed by atoms with E-state index in [0.717, 1.165) is 5.56 Å². The second-order valence-electron chi connectivity index (χ2n) is 6.36. The van der Waals surface area contributed by atoms with Crippen molar-refractivity contribution in [1.29, 1.82) is 5.41 Å². The molecule has 22 heavy (non-hydrogen) atoms. The third-order valence-corrected chi connectivity index (χ3v) is 3.40. The van der Waals surface area contributed by atoms with Gasteiger partial charge in [0.1, 0.15) is 11.8 Å². The van der Waals surface area contributed by atoms with Gasteiger partial charge in [-0.05, 0) is 24.8 Å². The molecule has 1 aromatic rings. The zero-order valence-corrected chi connectivity index (χ0v) is 13.9. The minimum absolute atomic E-state index is 0.128. The fourth-order valence-corrected chi connectivity index (χ4v) is 2.13. The highest BCUT2D eigenvalue weighted by Gasteiger charge is 2.33. The normalized spacial score (nSPS) is 12.4. The van der Waals surface area contributed by atoms with Crippen LogP contribution in [0, 0.1) is 17.7 Å². The van der Waals surface area contributed by atoms with E-state index in [-0.39, 0.29) is 11.6 Å². The van der Waals surface area contributed by atoms with Gasteiger partial charge < -0.3 is 10.6 Å². The quantitative estimate of drug-likeness (QED) is 0.727. The molecule has 0 heterocycles. The maximum absolute atomic E-state index is 12.3. The summed E-state index contributed by atoms with van der Waals surface area (Å²) >= 11 is 0. The second kappa shape index (κ2) is 7.20. The van der Waals surface area contributed by atoms with Crippen molar-refractivity contribution in [3.8, 4) is 0 Å². The van der Waals surface area contributed by atoms with Gasteiger partial charge in [0, 0.05) is 12.1 Å². The molecule has 120 valence electrons. The number of carbonyl (C=O) groups excluding carboxylic acids is 2. The van der Waals surface area contributed by atoms with Crippen LogP contribution in [-0.4, -0.2) is 30.1 Å². The van der Waals surface area contributed by atoms with Crippen LogP contribution in [-0.2, 0) is 9.59 Å². The molecule has 0 aliphatic rings. The minimum Gasteiger partial charge on any atom is -0.355 e. The highest BCUT2D eigenvalue weighted by atomic mass is 16.2. The summed E-state index contributed by atoms with van der Waals surface area (Å²) in [6, 6.07) is 6.54. The molecule has 1 aromatic carbocycles. The molecule has 2 amide bonds.